The monoisotopic (exact) mass is 641 g/mol. The van der Waals surface area contributed by atoms with Crippen LogP contribution < -0.4 is 4.74 Å². The smallest absolute Gasteiger partial charge is 0.145 e. The normalized spacial score (nSPS) is 11.9. The summed E-state index contributed by atoms with van der Waals surface area (Å²) in [5, 5.41) is 5.94. The summed E-state index contributed by atoms with van der Waals surface area (Å²) >= 11 is 0. The number of hydrogen-bond donors (Lipinski definition) is 0. The Balaban J connectivity index is 1.23. The van der Waals surface area contributed by atoms with Gasteiger partial charge in [0.05, 0.1) is 16.7 Å². The largest absolute Gasteiger partial charge is 0.457 e. The summed E-state index contributed by atoms with van der Waals surface area (Å²) in [6.45, 7) is 6.20. The Kier molecular flexibility index (Phi) is 6.73. The zero-order valence-electron chi connectivity index (χ0n) is 27.4. The zero-order valence-corrected chi connectivity index (χ0v) is 27.4. The summed E-state index contributed by atoms with van der Waals surface area (Å²) < 4.78 is 30.2. The van der Waals surface area contributed by atoms with Crippen molar-refractivity contribution in [1.82, 2.24) is 14.5 Å². The molecule has 4 heterocycles. The summed E-state index contributed by atoms with van der Waals surface area (Å²) in [5.41, 5.74) is 6.66. The number of para-hydroxylation sites is 1. The first-order valence-corrected chi connectivity index (χ1v) is 16.6. The number of fused-ring (bicyclic) bond motifs is 7. The van der Waals surface area contributed by atoms with E-state index in [9.17, 15) is 4.39 Å². The maximum atomic E-state index is 14.9. The SMILES string of the molecule is Cc1cc2oc3c(-c4cc5cccc(CC(C)C)c5cn4)cc(Oc4ccc5c6ccccc6n(-c6ccccn6)c5c4)cc3c2cc1F. The minimum atomic E-state index is -0.280. The molecular weight excluding hydrogens is 609 g/mol. The van der Waals surface area contributed by atoms with E-state index in [1.54, 1.807) is 25.3 Å². The van der Waals surface area contributed by atoms with Crippen LogP contribution in [0.25, 0.3) is 71.6 Å². The highest BCUT2D eigenvalue weighted by atomic mass is 19.1. The fourth-order valence-electron chi connectivity index (χ4n) is 7.10. The van der Waals surface area contributed by atoms with Gasteiger partial charge < -0.3 is 9.15 Å². The number of furan rings is 1. The molecule has 0 radical (unpaired) electrons. The minimum absolute atomic E-state index is 0.280. The number of aromatic nitrogens is 3. The summed E-state index contributed by atoms with van der Waals surface area (Å²) in [4.78, 5) is 9.62. The predicted octanol–water partition coefficient (Wildman–Crippen LogP) is 11.7. The summed E-state index contributed by atoms with van der Waals surface area (Å²) in [6, 6.07) is 36.1. The number of pyridine rings is 2. The number of nitrogens with zero attached hydrogens (tertiary/aromatic N) is 3. The van der Waals surface area contributed by atoms with E-state index < -0.39 is 0 Å². The van der Waals surface area contributed by atoms with Crippen molar-refractivity contribution in [3.63, 3.8) is 0 Å². The number of hydrogen-bond acceptors (Lipinski definition) is 4. The second kappa shape index (κ2) is 11.3. The van der Waals surface area contributed by atoms with Gasteiger partial charge in [-0.25, -0.2) is 9.37 Å². The van der Waals surface area contributed by atoms with E-state index in [-0.39, 0.29) is 5.82 Å². The third kappa shape index (κ3) is 4.91. The van der Waals surface area contributed by atoms with E-state index in [4.69, 9.17) is 14.1 Å². The van der Waals surface area contributed by atoms with Crippen LogP contribution in [0.3, 0.4) is 0 Å². The van der Waals surface area contributed by atoms with Crippen molar-refractivity contribution in [2.75, 3.05) is 0 Å². The molecule has 238 valence electrons. The first kappa shape index (κ1) is 29.2. The topological polar surface area (TPSA) is 53.1 Å². The van der Waals surface area contributed by atoms with Gasteiger partial charge >= 0.3 is 0 Å². The van der Waals surface area contributed by atoms with E-state index in [0.717, 1.165) is 61.5 Å². The highest BCUT2D eigenvalue weighted by molar-refractivity contribution is 6.11. The number of aryl methyl sites for hydroxylation is 1. The van der Waals surface area contributed by atoms with Gasteiger partial charge in [-0.2, -0.15) is 0 Å². The van der Waals surface area contributed by atoms with Crippen LogP contribution in [0.4, 0.5) is 4.39 Å². The number of benzene rings is 5. The van der Waals surface area contributed by atoms with Gasteiger partial charge in [0.15, 0.2) is 0 Å². The van der Waals surface area contributed by atoms with Crippen LogP contribution in [0.5, 0.6) is 11.5 Å². The molecule has 0 spiro atoms. The molecule has 49 heavy (non-hydrogen) atoms. The third-order valence-corrected chi connectivity index (χ3v) is 9.34. The van der Waals surface area contributed by atoms with E-state index in [1.807, 2.05) is 48.7 Å². The molecule has 0 atom stereocenters. The van der Waals surface area contributed by atoms with Gasteiger partial charge in [-0.3, -0.25) is 9.55 Å². The molecule has 0 N–H and O–H groups in total. The standard InChI is InChI=1S/C43H32FN3O2/c1-25(2)17-27-9-8-10-28-19-38(46-24-36(27)28)35-21-30(20-34-33-23-37(44)26(3)18-41(33)49-43(34)35)48-29-14-15-32-31-11-4-5-12-39(31)47(40(32)22-29)42-13-6-7-16-45-42/h4-16,18-25H,17H2,1-3H3. The van der Waals surface area contributed by atoms with Gasteiger partial charge in [0.2, 0.25) is 0 Å². The minimum Gasteiger partial charge on any atom is -0.457 e. The Morgan fingerprint density at radius 1 is 0.735 bits per heavy atom. The summed E-state index contributed by atoms with van der Waals surface area (Å²) in [5.74, 6) is 2.34. The van der Waals surface area contributed by atoms with Crippen molar-refractivity contribution in [2.45, 2.75) is 27.2 Å². The molecule has 4 aromatic heterocycles. The molecule has 0 saturated carbocycles. The Bertz CT molecular complexity index is 2730. The van der Waals surface area contributed by atoms with Crippen LogP contribution in [0.2, 0.25) is 0 Å². The van der Waals surface area contributed by atoms with Crippen LogP contribution in [-0.4, -0.2) is 14.5 Å². The lowest BCUT2D eigenvalue weighted by atomic mass is 9.97. The highest BCUT2D eigenvalue weighted by Crippen LogP contribution is 2.42. The predicted molar refractivity (Wildman–Crippen MR) is 196 cm³/mol. The Morgan fingerprint density at radius 3 is 2.45 bits per heavy atom. The van der Waals surface area contributed by atoms with Crippen LogP contribution in [0, 0.1) is 18.7 Å². The van der Waals surface area contributed by atoms with Crippen molar-refractivity contribution < 1.29 is 13.5 Å². The second-order valence-electron chi connectivity index (χ2n) is 13.2. The first-order chi connectivity index (χ1) is 23.9. The molecule has 0 unspecified atom stereocenters. The molecule has 0 amide bonds. The lowest BCUT2D eigenvalue weighted by molar-refractivity contribution is 0.484. The van der Waals surface area contributed by atoms with E-state index >= 15 is 0 Å². The molecule has 9 aromatic rings. The molecule has 0 fully saturated rings. The van der Waals surface area contributed by atoms with Gasteiger partial charge in [0.1, 0.15) is 34.3 Å². The van der Waals surface area contributed by atoms with Crippen LogP contribution in [-0.2, 0) is 6.42 Å². The molecule has 0 aliphatic heterocycles. The molecule has 0 saturated heterocycles. The fraction of sp³-hybridized carbons (Fsp3) is 0.116. The zero-order chi connectivity index (χ0) is 33.2. The summed E-state index contributed by atoms with van der Waals surface area (Å²) in [6.07, 6.45) is 4.74. The quantitative estimate of drug-likeness (QED) is 0.181. The van der Waals surface area contributed by atoms with Crippen molar-refractivity contribution in [2.24, 2.45) is 5.92 Å². The van der Waals surface area contributed by atoms with Gasteiger partial charge in [-0.05, 0) is 96.4 Å². The second-order valence-corrected chi connectivity index (χ2v) is 13.2. The molecule has 6 heteroatoms. The average Bonchev–Trinajstić information content (AvgIpc) is 3.63. The van der Waals surface area contributed by atoms with Crippen molar-refractivity contribution in [3.05, 3.63) is 139 Å². The third-order valence-electron chi connectivity index (χ3n) is 9.34. The number of halogens is 1. The van der Waals surface area contributed by atoms with Gasteiger partial charge in [-0.1, -0.05) is 56.3 Å². The maximum absolute atomic E-state index is 14.9. The molecular formula is C43H32FN3O2. The number of rotatable bonds is 6. The van der Waals surface area contributed by atoms with Gasteiger partial charge in [-0.15, -0.1) is 0 Å². The molecule has 0 aliphatic rings. The molecule has 5 nitrogen and oxygen atoms in total. The maximum Gasteiger partial charge on any atom is 0.145 e. The van der Waals surface area contributed by atoms with Crippen molar-refractivity contribution >= 4 is 54.5 Å². The van der Waals surface area contributed by atoms with Crippen LogP contribution in [0.15, 0.2) is 126 Å². The molecule has 9 rings (SSSR count). The van der Waals surface area contributed by atoms with Crippen molar-refractivity contribution in [1.29, 1.82) is 0 Å². The fourth-order valence-corrected chi connectivity index (χ4v) is 7.10. The van der Waals surface area contributed by atoms with Gasteiger partial charge in [0.25, 0.3) is 0 Å². The van der Waals surface area contributed by atoms with Gasteiger partial charge in [0, 0.05) is 51.0 Å². The molecule has 0 aliphatic carbocycles. The van der Waals surface area contributed by atoms with E-state index in [2.05, 4.69) is 78.0 Å². The lowest BCUT2D eigenvalue weighted by Gasteiger charge is -2.12. The lowest BCUT2D eigenvalue weighted by Crippen LogP contribution is -1.96. The first-order valence-electron chi connectivity index (χ1n) is 16.6. The average molecular weight is 642 g/mol. The Labute approximate surface area is 282 Å². The van der Waals surface area contributed by atoms with Crippen LogP contribution in [0.1, 0.15) is 25.0 Å². The molecule has 5 aromatic carbocycles. The van der Waals surface area contributed by atoms with Crippen LogP contribution >= 0.6 is 0 Å². The number of ether oxygens (including phenoxy) is 1. The van der Waals surface area contributed by atoms with E-state index in [1.165, 1.54) is 5.56 Å². The Hall–Kier alpha value is -6.01. The molecule has 0 bridgehead atoms. The Morgan fingerprint density at radius 2 is 1.59 bits per heavy atom. The highest BCUT2D eigenvalue weighted by Gasteiger charge is 2.19. The van der Waals surface area contributed by atoms with E-state index in [0.29, 0.717) is 39.5 Å². The van der Waals surface area contributed by atoms with Crippen molar-refractivity contribution in [3.8, 4) is 28.6 Å². The summed E-state index contributed by atoms with van der Waals surface area (Å²) in [7, 11) is 0.